The number of methoxy groups -OCH3 is 1. The first kappa shape index (κ1) is 15.1. The Morgan fingerprint density at radius 1 is 1.35 bits per heavy atom. The Bertz CT molecular complexity index is 616. The monoisotopic (exact) mass is 330 g/mol. The molecule has 4 nitrogen and oxygen atoms in total. The van der Waals surface area contributed by atoms with Gasteiger partial charge >= 0.3 is 5.97 Å². The van der Waals surface area contributed by atoms with Gasteiger partial charge in [0.2, 0.25) is 0 Å². The third kappa shape index (κ3) is 2.90. The van der Waals surface area contributed by atoms with Crippen molar-refractivity contribution in [2.75, 3.05) is 7.11 Å². The Kier molecular flexibility index (Phi) is 4.52. The van der Waals surface area contributed by atoms with Gasteiger partial charge in [-0.15, -0.1) is 0 Å². The van der Waals surface area contributed by atoms with E-state index in [1.54, 1.807) is 25.1 Å². The number of hydrogen-bond donors (Lipinski definition) is 2. The van der Waals surface area contributed by atoms with Gasteiger partial charge in [0.25, 0.3) is 0 Å². The van der Waals surface area contributed by atoms with Crippen LogP contribution >= 0.6 is 35.4 Å². The quantitative estimate of drug-likeness (QED) is 0.645. The van der Waals surface area contributed by atoms with Gasteiger partial charge in [0.15, 0.2) is 5.11 Å². The molecule has 0 bridgehead atoms. The van der Waals surface area contributed by atoms with E-state index in [1.807, 2.05) is 0 Å². The predicted molar refractivity (Wildman–Crippen MR) is 82.8 cm³/mol. The van der Waals surface area contributed by atoms with Crippen molar-refractivity contribution >= 4 is 46.5 Å². The zero-order valence-electron chi connectivity index (χ0n) is 10.8. The number of thiocarbonyl (C=S) groups is 1. The molecule has 1 aromatic rings. The van der Waals surface area contributed by atoms with Crippen LogP contribution in [-0.4, -0.2) is 18.2 Å². The van der Waals surface area contributed by atoms with E-state index in [9.17, 15) is 4.79 Å². The molecule has 2 N–H and O–H groups in total. The maximum atomic E-state index is 12.0. The van der Waals surface area contributed by atoms with Crippen LogP contribution in [0, 0.1) is 0 Å². The lowest BCUT2D eigenvalue weighted by Gasteiger charge is -2.29. The largest absolute Gasteiger partial charge is 0.466 e. The molecule has 1 aromatic carbocycles. The molecule has 0 amide bonds. The molecular weight excluding hydrogens is 319 g/mol. The molecule has 1 aliphatic heterocycles. The first-order chi connectivity index (χ1) is 9.43. The van der Waals surface area contributed by atoms with Crippen LogP contribution in [0.4, 0.5) is 0 Å². The van der Waals surface area contributed by atoms with Gasteiger partial charge in [-0.05, 0) is 36.8 Å². The molecule has 1 aliphatic rings. The van der Waals surface area contributed by atoms with Crippen LogP contribution in [-0.2, 0) is 9.53 Å². The van der Waals surface area contributed by atoms with E-state index in [1.165, 1.54) is 7.11 Å². The molecule has 20 heavy (non-hydrogen) atoms. The number of allylic oxidation sites excluding steroid dienone is 1. The first-order valence-corrected chi connectivity index (χ1v) is 6.92. The van der Waals surface area contributed by atoms with Crippen molar-refractivity contribution in [3.05, 3.63) is 45.1 Å². The summed E-state index contributed by atoms with van der Waals surface area (Å²) < 4.78 is 4.82. The summed E-state index contributed by atoms with van der Waals surface area (Å²) in [5, 5.41) is 7.25. The van der Waals surface area contributed by atoms with E-state index >= 15 is 0 Å². The zero-order chi connectivity index (χ0) is 14.9. The minimum absolute atomic E-state index is 0.414. The lowest BCUT2D eigenvalue weighted by molar-refractivity contribution is -0.136. The molecule has 0 fully saturated rings. The molecule has 7 heteroatoms. The van der Waals surface area contributed by atoms with Crippen LogP contribution in [0.25, 0.3) is 0 Å². The molecule has 2 rings (SSSR count). The van der Waals surface area contributed by atoms with Crippen LogP contribution in [0.2, 0.25) is 10.0 Å². The number of rotatable bonds is 2. The van der Waals surface area contributed by atoms with Crippen molar-refractivity contribution in [3.8, 4) is 0 Å². The smallest absolute Gasteiger partial charge is 0.337 e. The highest BCUT2D eigenvalue weighted by atomic mass is 35.5. The number of nitrogens with one attached hydrogen (secondary N) is 2. The fraction of sp³-hybridized carbons (Fsp3) is 0.231. The van der Waals surface area contributed by atoms with Crippen LogP contribution in [0.1, 0.15) is 18.5 Å². The number of carbonyl (C=O) groups is 1. The molecule has 0 saturated carbocycles. The van der Waals surface area contributed by atoms with Crippen molar-refractivity contribution in [1.29, 1.82) is 0 Å². The summed E-state index contributed by atoms with van der Waals surface area (Å²) in [6, 6.07) is 4.74. The van der Waals surface area contributed by atoms with Gasteiger partial charge in [-0.3, -0.25) is 0 Å². The summed E-state index contributed by atoms with van der Waals surface area (Å²) in [4.78, 5) is 12.0. The Hall–Kier alpha value is -1.30. The number of ether oxygens (including phenoxy) is 1. The fourth-order valence-electron chi connectivity index (χ4n) is 2.02. The standard InChI is InChI=1S/C13H12Cl2N2O2S/c1-6-10(12(18)19-2)11(17-13(20)16-6)7-3-4-8(14)9(15)5-7/h3-5,11H,1-2H3,(H2,16,17,20). The second kappa shape index (κ2) is 5.99. The minimum Gasteiger partial charge on any atom is -0.466 e. The summed E-state index contributed by atoms with van der Waals surface area (Å²) in [6.45, 7) is 1.77. The maximum Gasteiger partial charge on any atom is 0.337 e. The molecule has 106 valence electrons. The molecular formula is C13H12Cl2N2O2S. The van der Waals surface area contributed by atoms with Gasteiger partial charge in [0, 0.05) is 5.70 Å². The third-order valence-corrected chi connectivity index (χ3v) is 3.91. The van der Waals surface area contributed by atoms with E-state index in [2.05, 4.69) is 10.6 Å². The van der Waals surface area contributed by atoms with Crippen molar-refractivity contribution in [1.82, 2.24) is 10.6 Å². The van der Waals surface area contributed by atoms with E-state index in [-0.39, 0.29) is 0 Å². The maximum absolute atomic E-state index is 12.0. The summed E-state index contributed by atoms with van der Waals surface area (Å²) in [6.07, 6.45) is 0. The normalized spacial score (nSPS) is 18.4. The molecule has 0 spiro atoms. The third-order valence-electron chi connectivity index (χ3n) is 2.95. The topological polar surface area (TPSA) is 50.4 Å². The fourth-order valence-corrected chi connectivity index (χ4v) is 2.59. The van der Waals surface area contributed by atoms with Gasteiger partial charge in [0.05, 0.1) is 28.8 Å². The highest BCUT2D eigenvalue weighted by Gasteiger charge is 2.30. The van der Waals surface area contributed by atoms with E-state index in [4.69, 9.17) is 40.2 Å². The SMILES string of the molecule is COC(=O)C1=C(C)NC(=S)NC1c1ccc(Cl)c(Cl)c1. The molecule has 0 aliphatic carbocycles. The number of benzene rings is 1. The highest BCUT2D eigenvalue weighted by Crippen LogP contribution is 2.31. The summed E-state index contributed by atoms with van der Waals surface area (Å²) in [5.41, 5.74) is 1.89. The Balaban J connectivity index is 2.50. The zero-order valence-corrected chi connectivity index (χ0v) is 13.1. The number of carbonyl (C=O) groups excluding carboxylic acids is 1. The van der Waals surface area contributed by atoms with Gasteiger partial charge in [-0.25, -0.2) is 4.79 Å². The van der Waals surface area contributed by atoms with Gasteiger partial charge in [-0.1, -0.05) is 29.3 Å². The Morgan fingerprint density at radius 3 is 2.65 bits per heavy atom. The summed E-state index contributed by atoms with van der Waals surface area (Å²) in [7, 11) is 1.33. The molecule has 0 aromatic heterocycles. The van der Waals surface area contributed by atoms with Crippen molar-refractivity contribution < 1.29 is 9.53 Å². The first-order valence-electron chi connectivity index (χ1n) is 5.75. The summed E-state index contributed by atoms with van der Waals surface area (Å²) >= 11 is 17.1. The van der Waals surface area contributed by atoms with Gasteiger partial charge in [-0.2, -0.15) is 0 Å². The van der Waals surface area contributed by atoms with Crippen LogP contribution in [0.5, 0.6) is 0 Å². The molecule has 1 atom stereocenters. The van der Waals surface area contributed by atoms with E-state index in [0.717, 1.165) is 5.56 Å². The molecule has 0 saturated heterocycles. The molecule has 1 heterocycles. The molecule has 1 unspecified atom stereocenters. The average Bonchev–Trinajstić information content (AvgIpc) is 2.40. The second-order valence-electron chi connectivity index (χ2n) is 4.24. The highest BCUT2D eigenvalue weighted by molar-refractivity contribution is 7.80. The van der Waals surface area contributed by atoms with E-state index < -0.39 is 12.0 Å². The van der Waals surface area contributed by atoms with Crippen molar-refractivity contribution in [2.24, 2.45) is 0 Å². The Labute approximate surface area is 132 Å². The van der Waals surface area contributed by atoms with Crippen LogP contribution in [0.3, 0.4) is 0 Å². The summed E-state index contributed by atoms with van der Waals surface area (Å²) in [5.74, 6) is -0.430. The number of hydrogen-bond acceptors (Lipinski definition) is 3. The van der Waals surface area contributed by atoms with Crippen LogP contribution in [0.15, 0.2) is 29.5 Å². The average molecular weight is 331 g/mol. The second-order valence-corrected chi connectivity index (χ2v) is 5.46. The predicted octanol–water partition coefficient (Wildman–Crippen LogP) is 2.96. The van der Waals surface area contributed by atoms with Gasteiger partial charge in [0.1, 0.15) is 0 Å². The number of halogens is 2. The van der Waals surface area contributed by atoms with Crippen LogP contribution < -0.4 is 10.6 Å². The Morgan fingerprint density at radius 2 is 2.05 bits per heavy atom. The molecule has 0 radical (unpaired) electrons. The van der Waals surface area contributed by atoms with Gasteiger partial charge < -0.3 is 15.4 Å². The lowest BCUT2D eigenvalue weighted by Crippen LogP contribution is -2.45. The van der Waals surface area contributed by atoms with Crippen molar-refractivity contribution in [3.63, 3.8) is 0 Å². The lowest BCUT2D eigenvalue weighted by atomic mass is 9.96. The van der Waals surface area contributed by atoms with E-state index in [0.29, 0.717) is 26.4 Å². The van der Waals surface area contributed by atoms with Crippen molar-refractivity contribution in [2.45, 2.75) is 13.0 Å². The number of esters is 1. The minimum atomic E-state index is -0.430.